The first-order valence-corrected chi connectivity index (χ1v) is 14.3. The highest BCUT2D eigenvalue weighted by Crippen LogP contribution is 2.36. The zero-order valence-electron chi connectivity index (χ0n) is 24.2. The van der Waals surface area contributed by atoms with Crippen LogP contribution in [0, 0.1) is 11.3 Å². The number of hydrogen-bond acceptors (Lipinski definition) is 8. The van der Waals surface area contributed by atoms with Crippen molar-refractivity contribution in [1.82, 2.24) is 29.4 Å². The highest BCUT2D eigenvalue weighted by Gasteiger charge is 2.39. The molecule has 9 heteroatoms. The molecular weight excluding hydrogens is 526 g/mol. The predicted molar refractivity (Wildman–Crippen MR) is 164 cm³/mol. The normalized spacial score (nSPS) is 14.7. The average Bonchev–Trinajstić information content (AvgIpc) is 3.40. The van der Waals surface area contributed by atoms with E-state index >= 15 is 0 Å². The Hall–Kier alpha value is -4.63. The molecule has 214 valence electrons. The van der Waals surface area contributed by atoms with E-state index in [1.807, 2.05) is 79.2 Å². The molecule has 42 heavy (non-hydrogen) atoms. The second-order valence-corrected chi connectivity index (χ2v) is 11.4. The van der Waals surface area contributed by atoms with Crippen molar-refractivity contribution in [3.8, 4) is 28.3 Å². The van der Waals surface area contributed by atoms with Crippen LogP contribution in [0.3, 0.4) is 0 Å². The Labute approximate surface area is 245 Å². The van der Waals surface area contributed by atoms with Crippen LogP contribution in [-0.4, -0.2) is 55.6 Å². The number of esters is 1. The molecule has 0 unspecified atom stereocenters. The molecule has 0 aliphatic carbocycles. The van der Waals surface area contributed by atoms with Gasteiger partial charge in [0.2, 0.25) is 0 Å². The van der Waals surface area contributed by atoms with Gasteiger partial charge in [-0.05, 0) is 82.1 Å². The molecule has 1 aliphatic rings. The molecule has 1 aliphatic heterocycles. The quantitative estimate of drug-likeness (QED) is 0.258. The van der Waals surface area contributed by atoms with E-state index in [0.29, 0.717) is 17.6 Å². The number of hydrogen-bond donors (Lipinski definition) is 1. The minimum Gasteiger partial charge on any atom is -0.469 e. The van der Waals surface area contributed by atoms with Crippen molar-refractivity contribution in [2.75, 3.05) is 25.9 Å². The maximum Gasteiger partial charge on any atom is 0.311 e. The Morgan fingerprint density at radius 2 is 1.76 bits per heavy atom. The molecule has 1 aromatic carbocycles. The number of aromatic nitrogens is 5. The second kappa shape index (κ2) is 11.3. The van der Waals surface area contributed by atoms with E-state index < -0.39 is 5.41 Å². The lowest BCUT2D eigenvalue weighted by Gasteiger charge is -2.38. The lowest BCUT2D eigenvalue weighted by atomic mass is 9.73. The number of methoxy groups -OCH3 is 1. The third-order valence-corrected chi connectivity index (χ3v) is 8.43. The van der Waals surface area contributed by atoms with Crippen molar-refractivity contribution in [2.24, 2.45) is 11.3 Å². The van der Waals surface area contributed by atoms with Crippen molar-refractivity contribution in [3.63, 3.8) is 0 Å². The van der Waals surface area contributed by atoms with E-state index in [2.05, 4.69) is 22.0 Å². The van der Waals surface area contributed by atoms with Crippen molar-refractivity contribution in [1.29, 1.82) is 0 Å². The summed E-state index contributed by atoms with van der Waals surface area (Å²) >= 11 is 0. The third-order valence-electron chi connectivity index (χ3n) is 8.43. The number of piperidine rings is 1. The third kappa shape index (κ3) is 5.23. The van der Waals surface area contributed by atoms with Gasteiger partial charge in [0.15, 0.2) is 11.5 Å². The minimum atomic E-state index is -0.474. The summed E-state index contributed by atoms with van der Waals surface area (Å²) in [5.74, 6) is 1.24. The monoisotopic (exact) mass is 561 g/mol. The fraction of sp³-hybridized carbons (Fsp3) is 0.303. The van der Waals surface area contributed by atoms with Crippen LogP contribution in [0.25, 0.3) is 39.5 Å². The Kier molecular flexibility index (Phi) is 7.43. The Bertz CT molecular complexity index is 1710. The summed E-state index contributed by atoms with van der Waals surface area (Å²) in [5, 5.41) is 0. The molecule has 0 bridgehead atoms. The first-order chi connectivity index (χ1) is 20.3. The van der Waals surface area contributed by atoms with Crippen LogP contribution in [0.1, 0.15) is 32.4 Å². The highest BCUT2D eigenvalue weighted by molar-refractivity contribution is 5.84. The molecular formula is C33H35N7O2. The van der Waals surface area contributed by atoms with Gasteiger partial charge in [0, 0.05) is 18.3 Å². The summed E-state index contributed by atoms with van der Waals surface area (Å²) in [4.78, 5) is 33.8. The number of rotatable bonds is 7. The largest absolute Gasteiger partial charge is 0.469 e. The zero-order valence-corrected chi connectivity index (χ0v) is 24.2. The number of nitrogens with two attached hydrogens (primary N) is 1. The Morgan fingerprint density at radius 3 is 2.45 bits per heavy atom. The van der Waals surface area contributed by atoms with Crippen molar-refractivity contribution in [2.45, 2.75) is 33.2 Å². The van der Waals surface area contributed by atoms with Crippen LogP contribution in [0.5, 0.6) is 0 Å². The maximum absolute atomic E-state index is 12.3. The molecule has 0 radical (unpaired) electrons. The second-order valence-electron chi connectivity index (χ2n) is 11.4. The fourth-order valence-corrected chi connectivity index (χ4v) is 5.87. The summed E-state index contributed by atoms with van der Waals surface area (Å²) in [7, 11) is 1.47. The van der Waals surface area contributed by atoms with E-state index in [0.717, 1.165) is 71.8 Å². The van der Waals surface area contributed by atoms with E-state index in [-0.39, 0.29) is 5.97 Å². The number of carbonyl (C=O) groups is 1. The van der Waals surface area contributed by atoms with Crippen LogP contribution >= 0.6 is 0 Å². The van der Waals surface area contributed by atoms with Gasteiger partial charge in [-0.15, -0.1) is 0 Å². The zero-order chi connectivity index (χ0) is 29.3. The first kappa shape index (κ1) is 27.5. The summed E-state index contributed by atoms with van der Waals surface area (Å²) in [6, 6.07) is 22.0. The number of fused-ring (bicyclic) bond motifs is 1. The average molecular weight is 562 g/mol. The van der Waals surface area contributed by atoms with Crippen LogP contribution in [-0.2, 0) is 16.1 Å². The molecule has 0 atom stereocenters. The molecule has 1 fully saturated rings. The van der Waals surface area contributed by atoms with Gasteiger partial charge in [-0.1, -0.05) is 30.3 Å². The van der Waals surface area contributed by atoms with E-state index in [9.17, 15) is 4.79 Å². The van der Waals surface area contributed by atoms with E-state index in [4.69, 9.17) is 25.4 Å². The number of nitrogens with zero attached hydrogens (tertiary/aromatic N) is 6. The minimum absolute atomic E-state index is 0.136. The lowest BCUT2D eigenvalue weighted by molar-refractivity contribution is -0.155. The lowest BCUT2D eigenvalue weighted by Crippen LogP contribution is -2.42. The molecule has 9 nitrogen and oxygen atoms in total. The molecule has 5 heterocycles. The van der Waals surface area contributed by atoms with Crippen LogP contribution in [0.4, 0.5) is 5.82 Å². The number of nitrogen functional groups attached to an aromatic ring is 1. The number of anilines is 1. The van der Waals surface area contributed by atoms with Gasteiger partial charge in [0.1, 0.15) is 11.3 Å². The highest BCUT2D eigenvalue weighted by atomic mass is 16.5. The number of benzene rings is 1. The number of ether oxygens (including phenoxy) is 1. The summed E-state index contributed by atoms with van der Waals surface area (Å²) in [6.07, 6.45) is 5.45. The molecule has 4 aromatic heterocycles. The Balaban J connectivity index is 1.29. The van der Waals surface area contributed by atoms with Crippen LogP contribution in [0.2, 0.25) is 0 Å². The van der Waals surface area contributed by atoms with Gasteiger partial charge < -0.3 is 10.5 Å². The van der Waals surface area contributed by atoms with E-state index in [1.165, 1.54) is 7.11 Å². The molecule has 6 rings (SSSR count). The van der Waals surface area contributed by atoms with Crippen LogP contribution in [0.15, 0.2) is 79.1 Å². The van der Waals surface area contributed by atoms with Crippen LogP contribution < -0.4 is 5.73 Å². The number of pyridine rings is 3. The first-order valence-electron chi connectivity index (χ1n) is 14.3. The molecule has 5 aromatic rings. The number of carbonyl (C=O) groups excluding carboxylic acids is 1. The van der Waals surface area contributed by atoms with Crippen molar-refractivity contribution in [3.05, 3.63) is 84.8 Å². The smallest absolute Gasteiger partial charge is 0.311 e. The number of imidazole rings is 1. The van der Waals surface area contributed by atoms with Crippen molar-refractivity contribution < 1.29 is 9.53 Å². The van der Waals surface area contributed by atoms with Gasteiger partial charge in [-0.2, -0.15) is 0 Å². The fourth-order valence-electron chi connectivity index (χ4n) is 5.87. The standard InChI is InChI=1S/C33H35N7O2/c1-33(2,32(41)42-3)23-15-18-39(19-16-23)21-24-11-12-25(20-36-24)40-30(26-10-7-17-35-29(26)34)38-28-14-13-27(37-31(28)40)22-8-5-4-6-9-22/h4-14,17,20,23H,15-16,18-19,21H2,1-3H3,(H2,34,35). The predicted octanol–water partition coefficient (Wildman–Crippen LogP) is 5.54. The van der Waals surface area contributed by atoms with Gasteiger partial charge in [0.25, 0.3) is 0 Å². The Morgan fingerprint density at radius 1 is 0.976 bits per heavy atom. The van der Waals surface area contributed by atoms with Gasteiger partial charge >= 0.3 is 5.97 Å². The van der Waals surface area contributed by atoms with Gasteiger partial charge in [-0.3, -0.25) is 19.2 Å². The summed E-state index contributed by atoms with van der Waals surface area (Å²) < 4.78 is 7.05. The van der Waals surface area contributed by atoms with Gasteiger partial charge in [-0.25, -0.2) is 15.0 Å². The molecule has 2 N–H and O–H groups in total. The molecule has 0 amide bonds. The van der Waals surface area contributed by atoms with Crippen molar-refractivity contribution >= 4 is 23.0 Å². The van der Waals surface area contributed by atoms with E-state index in [1.54, 1.807) is 6.20 Å². The molecule has 0 spiro atoms. The molecule has 0 saturated carbocycles. The summed E-state index contributed by atoms with van der Waals surface area (Å²) in [5.41, 5.74) is 11.8. The van der Waals surface area contributed by atoms with Gasteiger partial charge in [0.05, 0.1) is 41.4 Å². The topological polar surface area (TPSA) is 112 Å². The maximum atomic E-state index is 12.3. The molecule has 1 saturated heterocycles. The SMILES string of the molecule is COC(=O)C(C)(C)C1CCN(Cc2ccc(-n3c(-c4cccnc4N)nc4ccc(-c5ccccc5)nc43)cn2)CC1. The number of likely N-dealkylation sites (tertiary alicyclic amines) is 1. The summed E-state index contributed by atoms with van der Waals surface area (Å²) in [6.45, 7) is 6.55.